The molecular weight excluding hydrogens is 218 g/mol. The number of carbonyl (C=O) groups excluding carboxylic acids is 1. The molecular formula is C12H17N3O2. The van der Waals surface area contributed by atoms with E-state index >= 15 is 0 Å². The molecule has 1 aromatic rings. The second-order valence-electron chi connectivity index (χ2n) is 5.42. The van der Waals surface area contributed by atoms with E-state index in [9.17, 15) is 4.79 Å². The van der Waals surface area contributed by atoms with Gasteiger partial charge in [-0.1, -0.05) is 12.1 Å². The fourth-order valence-corrected chi connectivity index (χ4v) is 2.48. The second kappa shape index (κ2) is 3.82. The van der Waals surface area contributed by atoms with Crippen LogP contribution in [0.4, 0.5) is 0 Å². The van der Waals surface area contributed by atoms with Gasteiger partial charge in [0.15, 0.2) is 5.82 Å². The Morgan fingerprint density at radius 3 is 2.71 bits per heavy atom. The first-order chi connectivity index (χ1) is 8.19. The third kappa shape index (κ3) is 1.94. The van der Waals surface area contributed by atoms with E-state index in [2.05, 4.69) is 17.1 Å². The largest absolute Gasteiger partial charge is 0.343 e. The van der Waals surface area contributed by atoms with Crippen molar-refractivity contribution in [3.63, 3.8) is 0 Å². The number of hydrogen-bond acceptors (Lipinski definition) is 4. The minimum Gasteiger partial charge on any atom is -0.343 e. The molecule has 1 saturated carbocycles. The van der Waals surface area contributed by atoms with Gasteiger partial charge in [0.2, 0.25) is 12.3 Å². The third-order valence-electron chi connectivity index (χ3n) is 4.04. The molecule has 5 heteroatoms. The van der Waals surface area contributed by atoms with Crippen LogP contribution in [-0.4, -0.2) is 34.0 Å². The SMILES string of the molecule is CC1(C(=O)N2CCC(c3ncon3)CC2)CC1. The van der Waals surface area contributed by atoms with Gasteiger partial charge in [-0.25, -0.2) is 0 Å². The monoisotopic (exact) mass is 235 g/mol. The molecule has 3 rings (SSSR count). The third-order valence-corrected chi connectivity index (χ3v) is 4.04. The summed E-state index contributed by atoms with van der Waals surface area (Å²) in [5.41, 5.74) is -0.0427. The lowest BCUT2D eigenvalue weighted by atomic mass is 9.95. The van der Waals surface area contributed by atoms with E-state index in [1.165, 1.54) is 6.39 Å². The second-order valence-corrected chi connectivity index (χ2v) is 5.42. The molecule has 0 N–H and O–H groups in total. The smallest absolute Gasteiger partial charge is 0.228 e. The van der Waals surface area contributed by atoms with Crippen LogP contribution in [0.15, 0.2) is 10.9 Å². The molecule has 92 valence electrons. The molecule has 17 heavy (non-hydrogen) atoms. The molecule has 0 spiro atoms. The van der Waals surface area contributed by atoms with E-state index in [4.69, 9.17) is 4.52 Å². The summed E-state index contributed by atoms with van der Waals surface area (Å²) < 4.78 is 4.76. The maximum atomic E-state index is 12.2. The molecule has 2 fully saturated rings. The number of carbonyl (C=O) groups is 1. The maximum Gasteiger partial charge on any atom is 0.228 e. The number of hydrogen-bond donors (Lipinski definition) is 0. The summed E-state index contributed by atoms with van der Waals surface area (Å²) in [6.07, 6.45) is 5.37. The molecule has 1 saturated heterocycles. The lowest BCUT2D eigenvalue weighted by molar-refractivity contribution is -0.137. The van der Waals surface area contributed by atoms with Crippen molar-refractivity contribution in [2.45, 2.75) is 38.5 Å². The minimum absolute atomic E-state index is 0.0427. The van der Waals surface area contributed by atoms with Crippen molar-refractivity contribution in [1.82, 2.24) is 15.0 Å². The Morgan fingerprint density at radius 2 is 2.18 bits per heavy atom. The molecule has 1 aliphatic heterocycles. The summed E-state index contributed by atoms with van der Waals surface area (Å²) in [6.45, 7) is 3.72. The van der Waals surface area contributed by atoms with Gasteiger partial charge in [-0.15, -0.1) is 0 Å². The topological polar surface area (TPSA) is 59.2 Å². The normalized spacial score (nSPS) is 23.7. The van der Waals surface area contributed by atoms with Gasteiger partial charge in [0.25, 0.3) is 0 Å². The van der Waals surface area contributed by atoms with Crippen molar-refractivity contribution >= 4 is 5.91 Å². The zero-order chi connectivity index (χ0) is 11.9. The molecule has 0 atom stereocenters. The van der Waals surface area contributed by atoms with Crippen LogP contribution in [0.5, 0.6) is 0 Å². The zero-order valence-corrected chi connectivity index (χ0v) is 10.1. The fourth-order valence-electron chi connectivity index (χ4n) is 2.48. The predicted molar refractivity (Wildman–Crippen MR) is 60.2 cm³/mol. The maximum absolute atomic E-state index is 12.2. The quantitative estimate of drug-likeness (QED) is 0.780. The summed E-state index contributed by atoms with van der Waals surface area (Å²) in [7, 11) is 0. The van der Waals surface area contributed by atoms with Gasteiger partial charge < -0.3 is 9.42 Å². The zero-order valence-electron chi connectivity index (χ0n) is 10.1. The van der Waals surface area contributed by atoms with Crippen molar-refractivity contribution in [1.29, 1.82) is 0 Å². The molecule has 1 aliphatic carbocycles. The van der Waals surface area contributed by atoms with Gasteiger partial charge in [-0.3, -0.25) is 4.79 Å². The van der Waals surface area contributed by atoms with Crippen molar-refractivity contribution < 1.29 is 9.32 Å². The van der Waals surface area contributed by atoms with Crippen molar-refractivity contribution in [2.24, 2.45) is 5.41 Å². The molecule has 2 heterocycles. The van der Waals surface area contributed by atoms with Gasteiger partial charge in [0.05, 0.1) is 0 Å². The van der Waals surface area contributed by atoms with E-state index in [1.807, 2.05) is 4.90 Å². The summed E-state index contributed by atoms with van der Waals surface area (Å²) >= 11 is 0. The molecule has 0 aromatic carbocycles. The van der Waals surface area contributed by atoms with Crippen molar-refractivity contribution in [2.75, 3.05) is 13.1 Å². The van der Waals surface area contributed by atoms with E-state index in [1.54, 1.807) is 0 Å². The first-order valence-corrected chi connectivity index (χ1v) is 6.25. The van der Waals surface area contributed by atoms with E-state index in [0.29, 0.717) is 11.8 Å². The molecule has 0 bridgehead atoms. The summed E-state index contributed by atoms with van der Waals surface area (Å²) in [6, 6.07) is 0. The fraction of sp³-hybridized carbons (Fsp3) is 0.750. The van der Waals surface area contributed by atoms with Gasteiger partial charge in [-0.2, -0.15) is 4.98 Å². The van der Waals surface area contributed by atoms with Gasteiger partial charge >= 0.3 is 0 Å². The van der Waals surface area contributed by atoms with E-state index in [-0.39, 0.29) is 5.41 Å². The van der Waals surface area contributed by atoms with Crippen LogP contribution >= 0.6 is 0 Å². The summed E-state index contributed by atoms with van der Waals surface area (Å²) in [4.78, 5) is 18.2. The summed E-state index contributed by atoms with van der Waals surface area (Å²) in [5, 5.41) is 3.88. The molecule has 2 aliphatic rings. The first-order valence-electron chi connectivity index (χ1n) is 6.25. The van der Waals surface area contributed by atoms with Crippen molar-refractivity contribution in [3.8, 4) is 0 Å². The van der Waals surface area contributed by atoms with E-state index in [0.717, 1.165) is 44.6 Å². The Bertz CT molecular complexity index is 403. The van der Waals surface area contributed by atoms with E-state index < -0.39 is 0 Å². The van der Waals surface area contributed by atoms with Crippen LogP contribution in [0.2, 0.25) is 0 Å². The van der Waals surface area contributed by atoms with Crippen molar-refractivity contribution in [3.05, 3.63) is 12.2 Å². The number of piperidine rings is 1. The number of amides is 1. The highest BCUT2D eigenvalue weighted by Crippen LogP contribution is 2.47. The van der Waals surface area contributed by atoms with Crippen LogP contribution in [0.3, 0.4) is 0 Å². The Balaban J connectivity index is 1.59. The lowest BCUT2D eigenvalue weighted by Gasteiger charge is -2.32. The Morgan fingerprint density at radius 1 is 1.47 bits per heavy atom. The molecule has 0 radical (unpaired) electrons. The molecule has 1 amide bonds. The minimum atomic E-state index is -0.0427. The van der Waals surface area contributed by atoms with Crippen LogP contribution in [0.1, 0.15) is 44.3 Å². The lowest BCUT2D eigenvalue weighted by Crippen LogP contribution is -2.41. The number of aromatic nitrogens is 2. The Hall–Kier alpha value is -1.39. The van der Waals surface area contributed by atoms with Gasteiger partial charge in [0, 0.05) is 24.4 Å². The Labute approximate surface area is 100 Å². The van der Waals surface area contributed by atoms with Crippen LogP contribution < -0.4 is 0 Å². The standard InChI is InChI=1S/C12H17N3O2/c1-12(4-5-12)11(16)15-6-2-9(3-7-15)10-13-8-17-14-10/h8-9H,2-7H2,1H3. The number of likely N-dealkylation sites (tertiary alicyclic amines) is 1. The molecule has 5 nitrogen and oxygen atoms in total. The average Bonchev–Trinajstić information content (AvgIpc) is 2.91. The Kier molecular flexibility index (Phi) is 2.42. The summed E-state index contributed by atoms with van der Waals surface area (Å²) in [5.74, 6) is 1.48. The van der Waals surface area contributed by atoms with Gasteiger partial charge in [-0.05, 0) is 25.7 Å². The molecule has 1 aromatic heterocycles. The number of nitrogens with zero attached hydrogens (tertiary/aromatic N) is 3. The van der Waals surface area contributed by atoms with Crippen LogP contribution in [-0.2, 0) is 4.79 Å². The molecule has 0 unspecified atom stereocenters. The highest BCUT2D eigenvalue weighted by Gasteiger charge is 2.47. The van der Waals surface area contributed by atoms with Gasteiger partial charge in [0.1, 0.15) is 0 Å². The first kappa shape index (κ1) is 10.7. The van der Waals surface area contributed by atoms with Crippen LogP contribution in [0.25, 0.3) is 0 Å². The highest BCUT2D eigenvalue weighted by molar-refractivity contribution is 5.85. The number of rotatable bonds is 2. The average molecular weight is 235 g/mol. The highest BCUT2D eigenvalue weighted by atomic mass is 16.5. The predicted octanol–water partition coefficient (Wildman–Crippen LogP) is 1.58. The van der Waals surface area contributed by atoms with Crippen LogP contribution in [0, 0.1) is 5.41 Å².